The summed E-state index contributed by atoms with van der Waals surface area (Å²) in [6.07, 6.45) is 1.02. The van der Waals surface area contributed by atoms with E-state index >= 15 is 0 Å². The van der Waals surface area contributed by atoms with Gasteiger partial charge in [0.15, 0.2) is 0 Å². The molecule has 2 aromatic carbocycles. The molecular weight excluding hydrogens is 312 g/mol. The Balaban J connectivity index is 1.84. The number of hydrogen-bond donors (Lipinski definition) is 2. The molecule has 4 heteroatoms. The van der Waals surface area contributed by atoms with Gasteiger partial charge in [-0.2, -0.15) is 0 Å². The summed E-state index contributed by atoms with van der Waals surface area (Å²) in [5, 5.41) is 2.31. The average molecular weight is 332 g/mol. The number of H-pyrrole nitrogens is 2. The highest BCUT2D eigenvalue weighted by Gasteiger charge is 2.17. The smallest absolute Gasteiger partial charge is 0.310 e. The molecule has 0 saturated heterocycles. The van der Waals surface area contributed by atoms with Crippen molar-refractivity contribution < 1.29 is 9.53 Å². The minimum absolute atomic E-state index is 0.221. The van der Waals surface area contributed by atoms with E-state index in [2.05, 4.69) is 41.2 Å². The topological polar surface area (TPSA) is 57.9 Å². The third-order valence-electron chi connectivity index (χ3n) is 4.83. The van der Waals surface area contributed by atoms with Crippen LogP contribution in [0, 0.1) is 6.92 Å². The first-order chi connectivity index (χ1) is 12.2. The molecule has 4 aromatic rings. The first-order valence-electron chi connectivity index (χ1n) is 8.39. The number of methoxy groups -OCH3 is 1. The number of benzene rings is 2. The third-order valence-corrected chi connectivity index (χ3v) is 4.83. The van der Waals surface area contributed by atoms with Gasteiger partial charge >= 0.3 is 5.97 Å². The van der Waals surface area contributed by atoms with E-state index in [0.717, 1.165) is 39.8 Å². The van der Waals surface area contributed by atoms with Crippen molar-refractivity contribution in [1.82, 2.24) is 9.97 Å². The highest BCUT2D eigenvalue weighted by atomic mass is 16.5. The predicted octanol–water partition coefficient (Wildman–Crippen LogP) is 4.26. The summed E-state index contributed by atoms with van der Waals surface area (Å²) >= 11 is 0. The largest absolute Gasteiger partial charge is 0.469 e. The molecular formula is C21H20N2O2. The van der Waals surface area contributed by atoms with Crippen LogP contribution in [0.1, 0.15) is 22.5 Å². The van der Waals surface area contributed by atoms with Gasteiger partial charge in [0.1, 0.15) is 0 Å². The Morgan fingerprint density at radius 3 is 2.20 bits per heavy atom. The molecule has 0 aliphatic rings. The first kappa shape index (κ1) is 15.5. The predicted molar refractivity (Wildman–Crippen MR) is 99.9 cm³/mol. The van der Waals surface area contributed by atoms with Crippen molar-refractivity contribution in [2.45, 2.75) is 19.8 Å². The molecule has 4 nitrogen and oxygen atoms in total. The molecule has 0 radical (unpaired) electrons. The maximum Gasteiger partial charge on any atom is 0.310 e. The van der Waals surface area contributed by atoms with Gasteiger partial charge < -0.3 is 14.7 Å². The summed E-state index contributed by atoms with van der Waals surface area (Å²) in [6, 6.07) is 16.4. The van der Waals surface area contributed by atoms with Crippen molar-refractivity contribution >= 4 is 27.8 Å². The number of aryl methyl sites for hydroxylation is 1. The van der Waals surface area contributed by atoms with Crippen LogP contribution < -0.4 is 0 Å². The van der Waals surface area contributed by atoms with E-state index in [1.807, 2.05) is 24.3 Å². The van der Waals surface area contributed by atoms with Crippen LogP contribution in [0.15, 0.2) is 48.5 Å². The van der Waals surface area contributed by atoms with E-state index in [9.17, 15) is 4.79 Å². The van der Waals surface area contributed by atoms with E-state index in [-0.39, 0.29) is 12.4 Å². The zero-order valence-electron chi connectivity index (χ0n) is 14.3. The van der Waals surface area contributed by atoms with E-state index in [4.69, 9.17) is 4.74 Å². The number of carbonyl (C=O) groups is 1. The van der Waals surface area contributed by atoms with Crippen molar-refractivity contribution in [3.05, 3.63) is 71.0 Å². The second-order valence-electron chi connectivity index (χ2n) is 6.33. The molecule has 0 fully saturated rings. The van der Waals surface area contributed by atoms with Crippen LogP contribution in [-0.4, -0.2) is 23.0 Å². The molecule has 2 heterocycles. The van der Waals surface area contributed by atoms with Crippen LogP contribution in [0.25, 0.3) is 21.8 Å². The van der Waals surface area contributed by atoms with Gasteiger partial charge in [-0.1, -0.05) is 36.4 Å². The summed E-state index contributed by atoms with van der Waals surface area (Å²) in [4.78, 5) is 18.9. The van der Waals surface area contributed by atoms with Gasteiger partial charge in [0.2, 0.25) is 0 Å². The highest BCUT2D eigenvalue weighted by molar-refractivity contribution is 5.90. The SMILES string of the molecule is COC(=O)Cc1c(Cc2c(C)[nH]c3ccccc23)[nH]c2ccccc12. The lowest BCUT2D eigenvalue weighted by Gasteiger charge is -2.05. The molecule has 2 N–H and O–H groups in total. The Bertz CT molecular complexity index is 1070. The zero-order chi connectivity index (χ0) is 17.4. The van der Waals surface area contributed by atoms with E-state index < -0.39 is 0 Å². The highest BCUT2D eigenvalue weighted by Crippen LogP contribution is 2.29. The second-order valence-corrected chi connectivity index (χ2v) is 6.33. The van der Waals surface area contributed by atoms with Gasteiger partial charge in [-0.05, 0) is 30.2 Å². The minimum Gasteiger partial charge on any atom is -0.469 e. The molecule has 0 aliphatic heterocycles. The summed E-state index contributed by atoms with van der Waals surface area (Å²) in [5.74, 6) is -0.221. The number of fused-ring (bicyclic) bond motifs is 2. The van der Waals surface area contributed by atoms with Crippen molar-refractivity contribution in [1.29, 1.82) is 0 Å². The molecule has 126 valence electrons. The van der Waals surface area contributed by atoms with Crippen molar-refractivity contribution in [3.63, 3.8) is 0 Å². The van der Waals surface area contributed by atoms with Crippen LogP contribution in [0.3, 0.4) is 0 Å². The number of ether oxygens (including phenoxy) is 1. The van der Waals surface area contributed by atoms with Crippen molar-refractivity contribution in [3.8, 4) is 0 Å². The van der Waals surface area contributed by atoms with Crippen LogP contribution in [0.4, 0.5) is 0 Å². The molecule has 0 spiro atoms. The Morgan fingerprint density at radius 2 is 1.52 bits per heavy atom. The number of aromatic amines is 2. The fourth-order valence-electron chi connectivity index (χ4n) is 3.56. The zero-order valence-corrected chi connectivity index (χ0v) is 14.3. The Labute approximate surface area is 145 Å². The maximum absolute atomic E-state index is 11.9. The summed E-state index contributed by atoms with van der Waals surface area (Å²) in [7, 11) is 1.43. The second kappa shape index (κ2) is 6.13. The standard InChI is InChI=1S/C21H20N2O2/c1-13-16(14-7-3-5-9-18(14)22-13)11-20-17(12-21(24)25-2)15-8-4-6-10-19(15)23-20/h3-10,22-23H,11-12H2,1-2H3. The van der Waals surface area contributed by atoms with Gasteiger partial charge in [0, 0.05) is 39.6 Å². The fourth-order valence-corrected chi connectivity index (χ4v) is 3.56. The Kier molecular flexibility index (Phi) is 3.80. The number of nitrogens with one attached hydrogen (secondary N) is 2. The summed E-state index contributed by atoms with van der Waals surface area (Å²) in [6.45, 7) is 2.10. The number of hydrogen-bond acceptors (Lipinski definition) is 2. The molecule has 0 saturated carbocycles. The van der Waals surface area contributed by atoms with E-state index in [1.54, 1.807) is 0 Å². The summed E-state index contributed by atoms with van der Waals surface area (Å²) < 4.78 is 4.90. The lowest BCUT2D eigenvalue weighted by atomic mass is 10.0. The van der Waals surface area contributed by atoms with Gasteiger partial charge in [0.25, 0.3) is 0 Å². The number of rotatable bonds is 4. The van der Waals surface area contributed by atoms with Crippen molar-refractivity contribution in [2.75, 3.05) is 7.11 Å². The number of aromatic nitrogens is 2. The molecule has 2 aromatic heterocycles. The van der Waals surface area contributed by atoms with Crippen LogP contribution in [0.5, 0.6) is 0 Å². The van der Waals surface area contributed by atoms with E-state index in [1.165, 1.54) is 18.1 Å². The Hall–Kier alpha value is -3.01. The van der Waals surface area contributed by atoms with Crippen LogP contribution in [-0.2, 0) is 22.4 Å². The monoisotopic (exact) mass is 332 g/mol. The quantitative estimate of drug-likeness (QED) is 0.549. The lowest BCUT2D eigenvalue weighted by molar-refractivity contribution is -0.139. The minimum atomic E-state index is -0.221. The first-order valence-corrected chi connectivity index (χ1v) is 8.39. The Morgan fingerprint density at radius 1 is 0.920 bits per heavy atom. The van der Waals surface area contributed by atoms with Gasteiger partial charge in [-0.15, -0.1) is 0 Å². The number of para-hydroxylation sites is 2. The molecule has 4 rings (SSSR count). The van der Waals surface area contributed by atoms with Crippen LogP contribution >= 0.6 is 0 Å². The molecule has 25 heavy (non-hydrogen) atoms. The normalized spacial score (nSPS) is 11.3. The molecule has 0 atom stereocenters. The maximum atomic E-state index is 11.9. The summed E-state index contributed by atoms with van der Waals surface area (Å²) in [5.41, 5.74) is 6.69. The lowest BCUT2D eigenvalue weighted by Crippen LogP contribution is -2.06. The molecule has 0 aliphatic carbocycles. The molecule has 0 bridgehead atoms. The number of carbonyl (C=O) groups excluding carboxylic acids is 1. The average Bonchev–Trinajstić information content (AvgIpc) is 3.13. The van der Waals surface area contributed by atoms with Crippen molar-refractivity contribution in [2.24, 2.45) is 0 Å². The third kappa shape index (κ3) is 2.70. The van der Waals surface area contributed by atoms with E-state index in [0.29, 0.717) is 0 Å². The molecule has 0 amide bonds. The van der Waals surface area contributed by atoms with Gasteiger partial charge in [0.05, 0.1) is 13.5 Å². The fraction of sp³-hybridized carbons (Fsp3) is 0.190. The van der Waals surface area contributed by atoms with Gasteiger partial charge in [-0.25, -0.2) is 0 Å². The molecule has 0 unspecified atom stereocenters. The van der Waals surface area contributed by atoms with Crippen LogP contribution in [0.2, 0.25) is 0 Å². The number of esters is 1. The van der Waals surface area contributed by atoms with Gasteiger partial charge in [-0.3, -0.25) is 4.79 Å².